The largest absolute Gasteiger partial charge is 0.517 e. The van der Waals surface area contributed by atoms with Gasteiger partial charge in [0.1, 0.15) is 0 Å². The van der Waals surface area contributed by atoms with Crippen molar-refractivity contribution in [1.29, 1.82) is 0 Å². The third-order valence-electron chi connectivity index (χ3n) is 19.8. The van der Waals surface area contributed by atoms with E-state index in [0.717, 1.165) is 69.1 Å². The number of rotatable bonds is 64. The van der Waals surface area contributed by atoms with Crippen LogP contribution in [0.2, 0.25) is 0 Å². The third-order valence-corrected chi connectivity index (χ3v) is 23.3. The van der Waals surface area contributed by atoms with Gasteiger partial charge in [-0.25, -0.2) is 4.79 Å². The second-order valence-electron chi connectivity index (χ2n) is 28.2. The van der Waals surface area contributed by atoms with Gasteiger partial charge in [0.2, 0.25) is 0 Å². The number of hydrogen-bond donors (Lipinski definition) is 1. The second kappa shape index (κ2) is 56.8. The summed E-state index contributed by atoms with van der Waals surface area (Å²) in [7, 11) is -2.81. The van der Waals surface area contributed by atoms with Crippen molar-refractivity contribution in [1.82, 2.24) is 0 Å². The Morgan fingerprint density at radius 2 is 0.472 bits per heavy atom. The molecule has 0 atom stereocenters. The molecule has 3 rings (SSSR count). The predicted octanol–water partition coefficient (Wildman–Crippen LogP) is 30.0. The first-order valence-corrected chi connectivity index (χ1v) is 41.6. The highest BCUT2D eigenvalue weighted by Crippen LogP contribution is 2.73. The van der Waals surface area contributed by atoms with Crippen LogP contribution in [0.3, 0.4) is 0 Å². The van der Waals surface area contributed by atoms with Gasteiger partial charge < -0.3 is 9.29 Å². The van der Waals surface area contributed by atoms with Gasteiger partial charge in [-0.2, -0.15) is 0 Å². The molecule has 4 heteroatoms. The number of unbranched alkanes of at least 4 members (excludes halogenated alkanes) is 48. The molecule has 0 heterocycles. The number of carbonyl (C=O) groups is 1. The Morgan fingerprint density at radius 3 is 0.674 bits per heavy atom. The molecular weight excluding hydrogens is 1100 g/mol. The van der Waals surface area contributed by atoms with Gasteiger partial charge in [0.15, 0.2) is 0 Å². The standard InChI is InChI=1S/C85H148O3S/c1-7-13-19-25-31-37-43-49-56-64-76-72-78(66-58-51-45-39-33-27-21-15-9-3)83(79(73-76)67-59-52-46-40-34-28-22-16-10-4)89(88-85(86)87,82-70-62-55-63-71-82)84-80(68-60-53-47-41-35-29-23-17-11-5)74-77(65-57-50-44-38-32-26-20-14-8-2)75-81(84)69-61-54-48-42-36-30-24-18-12-6/h55,62-63,70-75H,7-54,56-61,64-69H2,1-6H3,(H,86,87). The molecule has 512 valence electrons. The summed E-state index contributed by atoms with van der Waals surface area (Å²) in [5.74, 6) is 0. The zero-order valence-electron chi connectivity index (χ0n) is 60.3. The number of benzene rings is 3. The first kappa shape index (κ1) is 80.5. The zero-order valence-corrected chi connectivity index (χ0v) is 61.1. The first-order valence-electron chi connectivity index (χ1n) is 40.0. The van der Waals surface area contributed by atoms with Crippen molar-refractivity contribution >= 4 is 16.5 Å². The van der Waals surface area contributed by atoms with E-state index in [-0.39, 0.29) is 0 Å². The minimum Gasteiger partial charge on any atom is -0.449 e. The van der Waals surface area contributed by atoms with Crippen molar-refractivity contribution in [2.45, 2.75) is 441 Å². The van der Waals surface area contributed by atoms with Gasteiger partial charge in [-0.3, -0.25) is 0 Å². The summed E-state index contributed by atoms with van der Waals surface area (Å²) in [6, 6.07) is 21.6. The maximum absolute atomic E-state index is 14.4. The average Bonchev–Trinajstić information content (AvgIpc) is 0.817. The molecule has 0 aliphatic carbocycles. The number of carboxylic acid groups (broad SMARTS) is 1. The molecule has 0 aromatic heterocycles. The molecule has 0 amide bonds. The predicted molar refractivity (Wildman–Crippen MR) is 396 cm³/mol. The first-order chi connectivity index (χ1) is 43.9. The van der Waals surface area contributed by atoms with Crippen LogP contribution in [0.5, 0.6) is 0 Å². The molecule has 0 saturated heterocycles. The Kier molecular flexibility index (Phi) is 51.4. The third kappa shape index (κ3) is 37.1. The maximum atomic E-state index is 14.4. The van der Waals surface area contributed by atoms with Gasteiger partial charge in [-0.1, -0.05) is 392 Å². The van der Waals surface area contributed by atoms with Gasteiger partial charge in [0.25, 0.3) is 0 Å². The minimum atomic E-state index is -2.81. The molecule has 0 unspecified atom stereocenters. The van der Waals surface area contributed by atoms with Crippen LogP contribution in [-0.4, -0.2) is 11.3 Å². The van der Waals surface area contributed by atoms with Crippen molar-refractivity contribution in [3.05, 3.63) is 88.0 Å². The highest BCUT2D eigenvalue weighted by molar-refractivity contribution is 8.30. The lowest BCUT2D eigenvalue weighted by Gasteiger charge is -2.44. The lowest BCUT2D eigenvalue weighted by Crippen LogP contribution is -2.19. The van der Waals surface area contributed by atoms with Crippen molar-refractivity contribution in [3.63, 3.8) is 0 Å². The van der Waals surface area contributed by atoms with Gasteiger partial charge in [-0.15, -0.1) is 0 Å². The molecule has 3 aromatic carbocycles. The van der Waals surface area contributed by atoms with E-state index in [1.165, 1.54) is 364 Å². The summed E-state index contributed by atoms with van der Waals surface area (Å²) < 4.78 is 7.33. The topological polar surface area (TPSA) is 46.5 Å². The van der Waals surface area contributed by atoms with Crippen LogP contribution < -0.4 is 0 Å². The molecule has 0 radical (unpaired) electrons. The molecule has 89 heavy (non-hydrogen) atoms. The highest BCUT2D eigenvalue weighted by Gasteiger charge is 2.42. The van der Waals surface area contributed by atoms with E-state index < -0.39 is 16.5 Å². The van der Waals surface area contributed by atoms with Gasteiger partial charge in [-0.05, 0) is 133 Å². The minimum absolute atomic E-state index is 0.976. The summed E-state index contributed by atoms with van der Waals surface area (Å²) in [6.07, 6.45) is 75.6. The molecule has 0 spiro atoms. The Balaban J connectivity index is 2.39. The molecule has 1 N–H and O–H groups in total. The fourth-order valence-electron chi connectivity index (χ4n) is 14.4. The smallest absolute Gasteiger partial charge is 0.449 e. The van der Waals surface area contributed by atoms with Crippen molar-refractivity contribution in [2.24, 2.45) is 0 Å². The van der Waals surface area contributed by atoms with E-state index in [2.05, 4.69) is 96.1 Å². The van der Waals surface area contributed by atoms with Gasteiger partial charge in [0.05, 0.1) is 0 Å². The fraction of sp³-hybridized carbons (Fsp3) is 0.776. The van der Waals surface area contributed by atoms with Crippen LogP contribution in [0.4, 0.5) is 4.79 Å². The van der Waals surface area contributed by atoms with E-state index in [1.54, 1.807) is 0 Å². The van der Waals surface area contributed by atoms with Gasteiger partial charge >= 0.3 is 6.16 Å². The van der Waals surface area contributed by atoms with Crippen LogP contribution in [0.1, 0.15) is 422 Å². The van der Waals surface area contributed by atoms with E-state index in [4.69, 9.17) is 4.18 Å². The van der Waals surface area contributed by atoms with Crippen LogP contribution in [0.25, 0.3) is 0 Å². The quantitative estimate of drug-likeness (QED) is 0.0573. The van der Waals surface area contributed by atoms with E-state index in [0.29, 0.717) is 0 Å². The molecule has 0 fully saturated rings. The highest BCUT2D eigenvalue weighted by atomic mass is 32.3. The average molecular weight is 1250 g/mol. The molecule has 3 aromatic rings. The summed E-state index contributed by atoms with van der Waals surface area (Å²) in [6.45, 7) is 13.9. The molecule has 0 aliphatic rings. The van der Waals surface area contributed by atoms with Crippen molar-refractivity contribution < 1.29 is 14.1 Å². The van der Waals surface area contributed by atoms with Crippen LogP contribution >= 0.6 is 10.3 Å². The lowest BCUT2D eigenvalue weighted by molar-refractivity contribution is 0.150. The summed E-state index contributed by atoms with van der Waals surface area (Å²) in [5, 5.41) is 11.8. The molecule has 0 saturated carbocycles. The second-order valence-corrected chi connectivity index (χ2v) is 30.7. The maximum Gasteiger partial charge on any atom is 0.517 e. The van der Waals surface area contributed by atoms with Crippen molar-refractivity contribution in [2.75, 3.05) is 0 Å². The van der Waals surface area contributed by atoms with Crippen LogP contribution in [0.15, 0.2) is 69.3 Å². The summed E-state index contributed by atoms with van der Waals surface area (Å²) in [5.41, 5.74) is 8.55. The molecule has 0 bridgehead atoms. The zero-order chi connectivity index (χ0) is 63.8. The van der Waals surface area contributed by atoms with E-state index in [9.17, 15) is 9.90 Å². The van der Waals surface area contributed by atoms with Crippen molar-refractivity contribution in [3.8, 4) is 0 Å². The normalized spacial score (nSPS) is 12.0. The Hall–Kier alpha value is -2.72. The molecule has 0 aliphatic heterocycles. The monoisotopic (exact) mass is 1250 g/mol. The Bertz CT molecular complexity index is 1870. The number of aryl methyl sites for hydroxylation is 6. The van der Waals surface area contributed by atoms with Crippen LogP contribution in [-0.2, 0) is 42.7 Å². The lowest BCUT2D eigenvalue weighted by atomic mass is 9.94. The molecular formula is C85H148O3S. The SMILES string of the molecule is CCCCCCCCCCCc1cc(CCCCCCCCCCC)c(S(OC(=O)O)(c2ccccc2)c2c(CCCCCCCCCCC)cc(CCCCCCCCCCC)cc2CCCCCCCCCCC)c(CCCCCCCCCCC)c1. The summed E-state index contributed by atoms with van der Waals surface area (Å²) >= 11 is 0. The molecule has 3 nitrogen and oxygen atoms in total. The van der Waals surface area contributed by atoms with Crippen LogP contribution in [0, 0.1) is 0 Å². The van der Waals surface area contributed by atoms with Gasteiger partial charge in [0, 0.05) is 14.7 Å². The van der Waals surface area contributed by atoms with E-state index >= 15 is 0 Å². The van der Waals surface area contributed by atoms with E-state index in [1.807, 2.05) is 0 Å². The Labute approximate surface area is 556 Å². The fourth-order valence-corrected chi connectivity index (χ4v) is 18.2. The number of hydrogen-bond acceptors (Lipinski definition) is 2. The Morgan fingerprint density at radius 1 is 0.281 bits per heavy atom. The summed E-state index contributed by atoms with van der Waals surface area (Å²) in [4.78, 5) is 18.0.